The lowest BCUT2D eigenvalue weighted by atomic mass is 10.00. The molecule has 5 N–H and O–H groups in total. The van der Waals surface area contributed by atoms with E-state index in [1.54, 1.807) is 0 Å². The molecular weight excluding hydrogens is 452 g/mol. The largest absolute Gasteiger partial charge is 0.390 e. The lowest BCUT2D eigenvalue weighted by molar-refractivity contribution is -0.123. The fourth-order valence-corrected chi connectivity index (χ4v) is 6.00. The van der Waals surface area contributed by atoms with Crippen molar-refractivity contribution in [3.05, 3.63) is 35.4 Å². The molecule has 1 saturated carbocycles. The minimum atomic E-state index is -3.59. The van der Waals surface area contributed by atoms with Gasteiger partial charge in [0.1, 0.15) is 11.6 Å². The predicted octanol–water partition coefficient (Wildman–Crippen LogP) is 1.82. The molecule has 1 aromatic carbocycles. The number of halogens is 2. The van der Waals surface area contributed by atoms with Crippen molar-refractivity contribution in [2.24, 2.45) is 5.73 Å². The van der Waals surface area contributed by atoms with Gasteiger partial charge >= 0.3 is 0 Å². The number of carbonyl (C=O) groups is 1. The van der Waals surface area contributed by atoms with Crippen LogP contribution in [0.3, 0.4) is 0 Å². The molecule has 0 heterocycles. The number of carbonyl (C=O) groups excluding carboxylic acids is 1. The number of rotatable bonds is 15. The average molecular weight is 490 g/mol. The van der Waals surface area contributed by atoms with Crippen molar-refractivity contribution in [1.82, 2.24) is 10.6 Å². The number of nitrogens with two attached hydrogens (primary N) is 1. The Balaban J connectivity index is 2.09. The summed E-state index contributed by atoms with van der Waals surface area (Å²) in [6, 6.07) is 1.10. The van der Waals surface area contributed by atoms with Gasteiger partial charge < -0.3 is 21.5 Å². The summed E-state index contributed by atoms with van der Waals surface area (Å²) in [4.78, 5) is 12.8. The summed E-state index contributed by atoms with van der Waals surface area (Å²) in [7, 11) is -3.59. The van der Waals surface area contributed by atoms with Gasteiger partial charge in [-0.1, -0.05) is 26.7 Å². The topological polar surface area (TPSA) is 122 Å². The molecule has 1 fully saturated rings. The first-order valence-electron chi connectivity index (χ1n) is 11.7. The molecule has 1 aliphatic rings. The number of nitrogens with one attached hydrogen (secondary N) is 2. The van der Waals surface area contributed by atoms with E-state index in [0.717, 1.165) is 31.0 Å². The van der Waals surface area contributed by atoms with E-state index in [1.165, 1.54) is 0 Å². The van der Waals surface area contributed by atoms with E-state index in [2.05, 4.69) is 10.6 Å². The van der Waals surface area contributed by atoms with Crippen LogP contribution in [0.1, 0.15) is 57.9 Å². The molecule has 2 rings (SSSR count). The summed E-state index contributed by atoms with van der Waals surface area (Å²) in [6.45, 7) is 3.99. The zero-order valence-corrected chi connectivity index (χ0v) is 20.2. The molecule has 1 amide bonds. The monoisotopic (exact) mass is 489 g/mol. The second kappa shape index (κ2) is 12.7. The number of benzene rings is 1. The molecule has 0 unspecified atom stereocenters. The van der Waals surface area contributed by atoms with Crippen molar-refractivity contribution in [1.29, 1.82) is 0 Å². The van der Waals surface area contributed by atoms with E-state index in [4.69, 9.17) is 5.73 Å². The van der Waals surface area contributed by atoms with Crippen molar-refractivity contribution in [2.75, 3.05) is 12.3 Å². The molecule has 0 aliphatic heterocycles. The van der Waals surface area contributed by atoms with Gasteiger partial charge in [-0.3, -0.25) is 4.79 Å². The lowest BCUT2D eigenvalue weighted by Gasteiger charge is -2.27. The Morgan fingerprint density at radius 1 is 1.15 bits per heavy atom. The van der Waals surface area contributed by atoms with E-state index in [1.807, 2.05) is 13.8 Å². The van der Waals surface area contributed by atoms with E-state index in [9.17, 15) is 27.1 Å². The minimum absolute atomic E-state index is 0.0400. The van der Waals surface area contributed by atoms with E-state index < -0.39 is 56.6 Å². The summed E-state index contributed by atoms with van der Waals surface area (Å²) in [5.41, 5.74) is 6.21. The normalized spacial score (nSPS) is 17.1. The average Bonchev–Trinajstić information content (AvgIpc) is 3.54. The minimum Gasteiger partial charge on any atom is -0.390 e. The van der Waals surface area contributed by atoms with Crippen LogP contribution in [-0.4, -0.2) is 61.2 Å². The summed E-state index contributed by atoms with van der Waals surface area (Å²) in [6.07, 6.45) is 3.32. The van der Waals surface area contributed by atoms with Crippen LogP contribution in [0.5, 0.6) is 0 Å². The van der Waals surface area contributed by atoms with Crippen LogP contribution < -0.4 is 16.4 Å². The van der Waals surface area contributed by atoms with Gasteiger partial charge in [-0.15, -0.1) is 0 Å². The Bertz CT molecular complexity index is 854. The Morgan fingerprint density at radius 2 is 1.73 bits per heavy atom. The second-order valence-corrected chi connectivity index (χ2v) is 11.3. The first kappa shape index (κ1) is 27.6. The molecule has 0 bridgehead atoms. The maximum absolute atomic E-state index is 13.6. The van der Waals surface area contributed by atoms with E-state index in [-0.39, 0.29) is 18.5 Å². The third kappa shape index (κ3) is 9.27. The molecule has 0 spiro atoms. The molecule has 0 saturated heterocycles. The Kier molecular flexibility index (Phi) is 10.7. The van der Waals surface area contributed by atoms with Gasteiger partial charge in [-0.25, -0.2) is 17.2 Å². The molecule has 33 heavy (non-hydrogen) atoms. The summed E-state index contributed by atoms with van der Waals surface area (Å²) in [5.74, 6) is -2.75. The standard InChI is InChI=1S/C23H37F2N3O4S/c1-3-5-19(6-4-2)33(31,32)14-20(26)23(30)28-21(22(29)13-27-18-7-8-18)11-15-9-16(24)12-17(25)10-15/h9-10,12,18-22,27,29H,3-8,11,13-14,26H2,1-2H3,(H,28,30)/t20-,21+,22-/m1/s1. The van der Waals surface area contributed by atoms with E-state index >= 15 is 0 Å². The van der Waals surface area contributed by atoms with Gasteiger partial charge in [0.25, 0.3) is 0 Å². The Hall–Kier alpha value is -1.62. The quantitative estimate of drug-likeness (QED) is 0.298. The number of aliphatic hydroxyl groups excluding tert-OH is 1. The van der Waals surface area contributed by atoms with Gasteiger partial charge in [-0.05, 0) is 49.8 Å². The number of aliphatic hydroxyl groups is 1. The highest BCUT2D eigenvalue weighted by molar-refractivity contribution is 7.92. The molecule has 1 aliphatic carbocycles. The first-order valence-corrected chi connectivity index (χ1v) is 13.4. The number of sulfone groups is 1. The SMILES string of the molecule is CCCC(CCC)S(=O)(=O)C[C@@H](N)C(=O)N[C@@H](Cc1cc(F)cc(F)c1)[C@H](O)CNC1CC1. The maximum atomic E-state index is 13.6. The van der Waals surface area contributed by atoms with Crippen LogP contribution in [0.15, 0.2) is 18.2 Å². The predicted molar refractivity (Wildman–Crippen MR) is 124 cm³/mol. The first-order chi connectivity index (χ1) is 15.6. The molecule has 1 aromatic rings. The molecule has 0 aromatic heterocycles. The van der Waals surface area contributed by atoms with Crippen molar-refractivity contribution in [3.63, 3.8) is 0 Å². The molecule has 188 valence electrons. The van der Waals surface area contributed by atoms with Crippen LogP contribution in [0, 0.1) is 11.6 Å². The fourth-order valence-electron chi connectivity index (χ4n) is 3.88. The Labute approximate surface area is 195 Å². The van der Waals surface area contributed by atoms with Gasteiger partial charge in [0.15, 0.2) is 9.84 Å². The highest BCUT2D eigenvalue weighted by Gasteiger charge is 2.32. The van der Waals surface area contributed by atoms with Crippen LogP contribution in [0.25, 0.3) is 0 Å². The smallest absolute Gasteiger partial charge is 0.238 e. The molecule has 10 heteroatoms. The van der Waals surface area contributed by atoms with Crippen LogP contribution in [0.2, 0.25) is 0 Å². The number of hydrogen-bond donors (Lipinski definition) is 4. The molecule has 7 nitrogen and oxygen atoms in total. The van der Waals surface area contributed by atoms with Crippen molar-refractivity contribution in [3.8, 4) is 0 Å². The van der Waals surface area contributed by atoms with Crippen molar-refractivity contribution in [2.45, 2.75) is 88.3 Å². The summed E-state index contributed by atoms with van der Waals surface area (Å²) in [5, 5.41) is 15.9. The molecule has 3 atom stereocenters. The van der Waals surface area contributed by atoms with Crippen molar-refractivity contribution < 1.29 is 27.1 Å². The van der Waals surface area contributed by atoms with Crippen molar-refractivity contribution >= 4 is 15.7 Å². The lowest BCUT2D eigenvalue weighted by Crippen LogP contribution is -2.55. The van der Waals surface area contributed by atoms with Gasteiger partial charge in [0.2, 0.25) is 5.91 Å². The third-order valence-corrected chi connectivity index (χ3v) is 8.15. The zero-order valence-electron chi connectivity index (χ0n) is 19.4. The van der Waals surface area contributed by atoms with Gasteiger partial charge in [0.05, 0.1) is 29.2 Å². The number of hydrogen-bond acceptors (Lipinski definition) is 6. The maximum Gasteiger partial charge on any atom is 0.238 e. The van der Waals surface area contributed by atoms with Crippen LogP contribution >= 0.6 is 0 Å². The van der Waals surface area contributed by atoms with E-state index in [0.29, 0.717) is 31.7 Å². The third-order valence-electron chi connectivity index (χ3n) is 5.84. The number of amides is 1. The van der Waals surface area contributed by atoms with Gasteiger partial charge in [-0.2, -0.15) is 0 Å². The highest BCUT2D eigenvalue weighted by Crippen LogP contribution is 2.19. The van der Waals surface area contributed by atoms with Gasteiger partial charge in [0, 0.05) is 18.7 Å². The molecule has 0 radical (unpaired) electrons. The highest BCUT2D eigenvalue weighted by atomic mass is 32.2. The fraction of sp³-hybridized carbons (Fsp3) is 0.696. The summed E-state index contributed by atoms with van der Waals surface area (Å²) < 4.78 is 52.8. The van der Waals surface area contributed by atoms with Crippen LogP contribution in [0.4, 0.5) is 8.78 Å². The molecular formula is C23H37F2N3O4S. The van der Waals surface area contributed by atoms with Crippen LogP contribution in [-0.2, 0) is 21.1 Å². The summed E-state index contributed by atoms with van der Waals surface area (Å²) >= 11 is 0. The second-order valence-electron chi connectivity index (χ2n) is 8.98. The zero-order chi connectivity index (χ0) is 24.6. The Morgan fingerprint density at radius 3 is 2.24 bits per heavy atom.